The maximum Gasteiger partial charge on any atom is 0.387 e. The Morgan fingerprint density at radius 2 is 1.68 bits per heavy atom. The van der Waals surface area contributed by atoms with E-state index >= 15 is 0 Å². The Balaban J connectivity index is 1.57. The van der Waals surface area contributed by atoms with E-state index in [4.69, 9.17) is 14.2 Å². The van der Waals surface area contributed by atoms with Crippen LogP contribution in [0.1, 0.15) is 20.7 Å². The van der Waals surface area contributed by atoms with E-state index in [9.17, 15) is 18.4 Å². The average molecular weight is 350 g/mol. The van der Waals surface area contributed by atoms with E-state index in [0.717, 1.165) is 0 Å². The van der Waals surface area contributed by atoms with Gasteiger partial charge in [-0.05, 0) is 42.5 Å². The Bertz CT molecular complexity index is 788. The summed E-state index contributed by atoms with van der Waals surface area (Å²) < 4.78 is 43.6. The molecule has 1 heterocycles. The van der Waals surface area contributed by atoms with Gasteiger partial charge in [0, 0.05) is 5.56 Å². The van der Waals surface area contributed by atoms with E-state index in [2.05, 4.69) is 4.74 Å². The predicted octanol–water partition coefficient (Wildman–Crippen LogP) is 3.06. The van der Waals surface area contributed by atoms with Crippen LogP contribution in [0.25, 0.3) is 0 Å². The van der Waals surface area contributed by atoms with Crippen molar-refractivity contribution in [2.75, 3.05) is 13.4 Å². The third-order valence-corrected chi connectivity index (χ3v) is 3.34. The molecule has 1 aliphatic heterocycles. The van der Waals surface area contributed by atoms with Crippen molar-refractivity contribution in [3.63, 3.8) is 0 Å². The molecule has 6 nitrogen and oxygen atoms in total. The SMILES string of the molecule is O=C(COC(=O)c1ccc(OC(F)F)cc1)c1ccc2c(c1)OCO2. The quantitative estimate of drug-likeness (QED) is 0.589. The van der Waals surface area contributed by atoms with Crippen LogP contribution in [0.2, 0.25) is 0 Å². The molecule has 0 saturated carbocycles. The standard InChI is InChI=1S/C17H12F2O6/c18-17(19)25-12-4-1-10(2-5-12)16(21)22-8-13(20)11-3-6-14-15(7-11)24-9-23-14/h1-7,17H,8-9H2. The van der Waals surface area contributed by atoms with Crippen LogP contribution in [0.3, 0.4) is 0 Å². The third kappa shape index (κ3) is 4.03. The van der Waals surface area contributed by atoms with E-state index in [1.54, 1.807) is 12.1 Å². The Morgan fingerprint density at radius 3 is 2.40 bits per heavy atom. The van der Waals surface area contributed by atoms with Gasteiger partial charge in [0.05, 0.1) is 5.56 Å². The summed E-state index contributed by atoms with van der Waals surface area (Å²) in [6.45, 7) is -3.32. The molecule has 8 heteroatoms. The Kier molecular flexibility index (Phi) is 4.78. The second kappa shape index (κ2) is 7.16. The van der Waals surface area contributed by atoms with Crippen LogP contribution in [0.4, 0.5) is 8.78 Å². The van der Waals surface area contributed by atoms with Crippen molar-refractivity contribution < 1.29 is 37.3 Å². The number of rotatable bonds is 6. The van der Waals surface area contributed by atoms with E-state index in [0.29, 0.717) is 17.1 Å². The summed E-state index contributed by atoms with van der Waals surface area (Å²) in [6.07, 6.45) is 0. The van der Waals surface area contributed by atoms with Gasteiger partial charge in [-0.3, -0.25) is 4.79 Å². The molecule has 2 aromatic carbocycles. The Labute approximate surface area is 140 Å². The summed E-state index contributed by atoms with van der Waals surface area (Å²) in [4.78, 5) is 24.0. The minimum Gasteiger partial charge on any atom is -0.454 e. The van der Waals surface area contributed by atoms with E-state index in [-0.39, 0.29) is 18.1 Å². The molecule has 0 aliphatic carbocycles. The Hall–Kier alpha value is -3.16. The lowest BCUT2D eigenvalue weighted by molar-refractivity contribution is -0.0498. The summed E-state index contributed by atoms with van der Waals surface area (Å²) in [6, 6.07) is 9.61. The van der Waals surface area contributed by atoms with Crippen LogP contribution in [-0.4, -0.2) is 31.8 Å². The molecule has 25 heavy (non-hydrogen) atoms. The first-order valence-electron chi connectivity index (χ1n) is 7.18. The highest BCUT2D eigenvalue weighted by Crippen LogP contribution is 2.32. The minimum atomic E-state index is -2.95. The summed E-state index contributed by atoms with van der Waals surface area (Å²) in [5.41, 5.74) is 0.429. The molecule has 0 aromatic heterocycles. The molecule has 0 bridgehead atoms. The molecule has 0 N–H and O–H groups in total. The molecular weight excluding hydrogens is 338 g/mol. The normalized spacial score (nSPS) is 12.1. The number of carbonyl (C=O) groups is 2. The molecule has 0 spiro atoms. The predicted molar refractivity (Wildman–Crippen MR) is 80.3 cm³/mol. The largest absolute Gasteiger partial charge is 0.454 e. The highest BCUT2D eigenvalue weighted by Gasteiger charge is 2.17. The van der Waals surface area contributed by atoms with Crippen LogP contribution < -0.4 is 14.2 Å². The van der Waals surface area contributed by atoms with Crippen LogP contribution in [0, 0.1) is 0 Å². The summed E-state index contributed by atoms with van der Waals surface area (Å²) in [5.74, 6) is -0.253. The lowest BCUT2D eigenvalue weighted by atomic mass is 10.1. The van der Waals surface area contributed by atoms with Gasteiger partial charge in [0.1, 0.15) is 5.75 Å². The molecule has 0 radical (unpaired) electrons. The fraction of sp³-hybridized carbons (Fsp3) is 0.176. The second-order valence-corrected chi connectivity index (χ2v) is 4.97. The average Bonchev–Trinajstić information content (AvgIpc) is 3.07. The van der Waals surface area contributed by atoms with Crippen molar-refractivity contribution in [3.8, 4) is 17.2 Å². The molecule has 130 valence electrons. The number of fused-ring (bicyclic) bond motifs is 1. The number of carbonyl (C=O) groups excluding carboxylic acids is 2. The minimum absolute atomic E-state index is 0.0806. The number of ether oxygens (including phenoxy) is 4. The zero-order chi connectivity index (χ0) is 17.8. The first kappa shape index (κ1) is 16.7. The van der Waals surface area contributed by atoms with Gasteiger partial charge >= 0.3 is 12.6 Å². The first-order valence-corrected chi connectivity index (χ1v) is 7.18. The number of hydrogen-bond acceptors (Lipinski definition) is 6. The maximum atomic E-state index is 12.1. The number of benzene rings is 2. The smallest absolute Gasteiger partial charge is 0.387 e. The fourth-order valence-electron chi connectivity index (χ4n) is 2.14. The van der Waals surface area contributed by atoms with Crippen molar-refractivity contribution in [3.05, 3.63) is 53.6 Å². The van der Waals surface area contributed by atoms with Crippen molar-refractivity contribution in [1.29, 1.82) is 0 Å². The van der Waals surface area contributed by atoms with Gasteiger partial charge in [-0.15, -0.1) is 0 Å². The van der Waals surface area contributed by atoms with Crippen LogP contribution in [-0.2, 0) is 4.74 Å². The highest BCUT2D eigenvalue weighted by atomic mass is 19.3. The fourth-order valence-corrected chi connectivity index (χ4v) is 2.14. The summed E-state index contributed by atoms with van der Waals surface area (Å²) in [7, 11) is 0. The number of Topliss-reactive ketones (excluding diaryl/α,β-unsaturated/α-hetero) is 1. The van der Waals surface area contributed by atoms with E-state index < -0.39 is 25.0 Å². The maximum absolute atomic E-state index is 12.1. The van der Waals surface area contributed by atoms with Gasteiger partial charge in [0.15, 0.2) is 23.9 Å². The van der Waals surface area contributed by atoms with Gasteiger partial charge in [-0.1, -0.05) is 0 Å². The third-order valence-electron chi connectivity index (χ3n) is 3.34. The number of ketones is 1. The molecule has 2 aromatic rings. The number of esters is 1. The molecule has 0 saturated heterocycles. The number of alkyl halides is 2. The molecule has 0 unspecified atom stereocenters. The highest BCUT2D eigenvalue weighted by molar-refractivity contribution is 5.99. The first-order chi connectivity index (χ1) is 12.0. The van der Waals surface area contributed by atoms with Gasteiger partial charge < -0.3 is 18.9 Å². The van der Waals surface area contributed by atoms with E-state index in [1.165, 1.54) is 30.3 Å². The molecule has 0 fully saturated rings. The van der Waals surface area contributed by atoms with Crippen LogP contribution >= 0.6 is 0 Å². The summed E-state index contributed by atoms with van der Waals surface area (Å²) >= 11 is 0. The second-order valence-electron chi connectivity index (χ2n) is 4.97. The van der Waals surface area contributed by atoms with Crippen molar-refractivity contribution in [2.45, 2.75) is 6.61 Å². The van der Waals surface area contributed by atoms with Crippen molar-refractivity contribution in [2.24, 2.45) is 0 Å². The topological polar surface area (TPSA) is 71.1 Å². The van der Waals surface area contributed by atoms with Gasteiger partial charge in [0.2, 0.25) is 6.79 Å². The summed E-state index contributed by atoms with van der Waals surface area (Å²) in [5, 5.41) is 0. The van der Waals surface area contributed by atoms with Gasteiger partial charge in [0.25, 0.3) is 0 Å². The molecule has 0 atom stereocenters. The van der Waals surface area contributed by atoms with Crippen LogP contribution in [0.5, 0.6) is 17.2 Å². The molecule has 1 aliphatic rings. The lowest BCUT2D eigenvalue weighted by Gasteiger charge is -2.07. The molecule has 3 rings (SSSR count). The number of halogens is 2. The zero-order valence-corrected chi connectivity index (χ0v) is 12.7. The van der Waals surface area contributed by atoms with Crippen molar-refractivity contribution in [1.82, 2.24) is 0 Å². The number of hydrogen-bond donors (Lipinski definition) is 0. The Morgan fingerprint density at radius 1 is 1.00 bits per heavy atom. The lowest BCUT2D eigenvalue weighted by Crippen LogP contribution is -2.14. The van der Waals surface area contributed by atoms with E-state index in [1.807, 2.05) is 0 Å². The monoisotopic (exact) mass is 350 g/mol. The van der Waals surface area contributed by atoms with Crippen LogP contribution in [0.15, 0.2) is 42.5 Å². The molecular formula is C17H12F2O6. The van der Waals surface area contributed by atoms with Gasteiger partial charge in [-0.25, -0.2) is 4.79 Å². The zero-order valence-electron chi connectivity index (χ0n) is 12.7. The molecule has 0 amide bonds. The van der Waals surface area contributed by atoms with Crippen molar-refractivity contribution >= 4 is 11.8 Å². The van der Waals surface area contributed by atoms with Gasteiger partial charge in [-0.2, -0.15) is 8.78 Å².